The summed E-state index contributed by atoms with van der Waals surface area (Å²) in [6, 6.07) is 10.1. The molecule has 0 atom stereocenters. The summed E-state index contributed by atoms with van der Waals surface area (Å²) in [5.74, 6) is 0. The Morgan fingerprint density at radius 3 is 2.56 bits per heavy atom. The van der Waals surface area contributed by atoms with Gasteiger partial charge in [0.25, 0.3) is 0 Å². The van der Waals surface area contributed by atoms with E-state index in [1.165, 1.54) is 5.56 Å². The first-order valence-corrected chi connectivity index (χ1v) is 5.40. The van der Waals surface area contributed by atoms with Crippen molar-refractivity contribution in [2.45, 2.75) is 26.4 Å². The van der Waals surface area contributed by atoms with Crippen LogP contribution in [-0.2, 0) is 16.1 Å². The monoisotopic (exact) mass is 214 g/mol. The van der Waals surface area contributed by atoms with E-state index in [9.17, 15) is 0 Å². The van der Waals surface area contributed by atoms with Gasteiger partial charge in [-0.1, -0.05) is 36.8 Å². The second-order valence-electron chi connectivity index (χ2n) is 3.41. The van der Waals surface area contributed by atoms with Gasteiger partial charge in [0.1, 0.15) is 6.79 Å². The number of ether oxygens (including phenoxy) is 2. The quantitative estimate of drug-likeness (QED) is 0.266. The maximum Gasteiger partial charge on any atom is 1.00 e. The third-order valence-corrected chi connectivity index (χ3v) is 2.06. The van der Waals surface area contributed by atoms with Gasteiger partial charge in [0.05, 0.1) is 6.61 Å². The van der Waals surface area contributed by atoms with Gasteiger partial charge in [-0.3, -0.25) is 0 Å². The van der Waals surface area contributed by atoms with Gasteiger partial charge in [-0.25, -0.2) is 0 Å². The van der Waals surface area contributed by atoms with Crippen molar-refractivity contribution < 1.29 is 28.3 Å². The van der Waals surface area contributed by atoms with Crippen molar-refractivity contribution in [3.63, 3.8) is 0 Å². The Morgan fingerprint density at radius 1 is 1.12 bits per heavy atom. The summed E-state index contributed by atoms with van der Waals surface area (Å²) in [6.07, 6.45) is 4.33. The number of rotatable bonds is 8. The van der Waals surface area contributed by atoms with E-state index in [0.29, 0.717) is 13.4 Å². The number of unbranched alkanes of at least 4 members (excludes halogenated alkanes) is 2. The van der Waals surface area contributed by atoms with E-state index in [-0.39, 0.29) is 18.9 Å². The minimum atomic E-state index is 0. The molecule has 0 saturated carbocycles. The first kappa shape index (κ1) is 15.7. The maximum absolute atomic E-state index is 5.37. The molecule has 16 heavy (non-hydrogen) atoms. The third-order valence-electron chi connectivity index (χ3n) is 2.06. The van der Waals surface area contributed by atoms with Crippen LogP contribution in [0.1, 0.15) is 25.3 Å². The fraction of sp³-hybridized carbons (Fsp3) is 0.462. The van der Waals surface area contributed by atoms with Gasteiger partial charge in [0.15, 0.2) is 0 Å². The molecule has 0 heterocycles. The molecule has 0 bridgehead atoms. The number of benzene rings is 1. The van der Waals surface area contributed by atoms with Gasteiger partial charge < -0.3 is 15.9 Å². The molecule has 2 nitrogen and oxygen atoms in total. The molecule has 0 N–H and O–H groups in total. The van der Waals surface area contributed by atoms with E-state index in [2.05, 4.69) is 13.3 Å². The molecular weight excluding hydrogens is 195 g/mol. The van der Waals surface area contributed by atoms with Crippen molar-refractivity contribution in [3.05, 3.63) is 42.3 Å². The maximum atomic E-state index is 5.37. The first-order chi connectivity index (χ1) is 7.43. The molecule has 0 saturated heterocycles. The molecule has 3 heteroatoms. The smallest absolute Gasteiger partial charge is 0.356 e. The van der Waals surface area contributed by atoms with Crippen molar-refractivity contribution in [1.82, 2.24) is 0 Å². The fourth-order valence-electron chi connectivity index (χ4n) is 1.24. The molecule has 0 amide bonds. The van der Waals surface area contributed by atoms with Crippen LogP contribution in [0.4, 0.5) is 0 Å². The van der Waals surface area contributed by atoms with Crippen molar-refractivity contribution in [2.24, 2.45) is 0 Å². The Hall–Kier alpha value is -0.263. The molecule has 0 fully saturated rings. The van der Waals surface area contributed by atoms with Crippen LogP contribution in [0.15, 0.2) is 30.3 Å². The fourth-order valence-corrected chi connectivity index (χ4v) is 1.24. The summed E-state index contributed by atoms with van der Waals surface area (Å²) in [7, 11) is 0. The van der Waals surface area contributed by atoms with E-state index in [1.807, 2.05) is 30.3 Å². The molecule has 0 aliphatic heterocycles. The Morgan fingerprint density at radius 2 is 1.88 bits per heavy atom. The zero-order valence-electron chi connectivity index (χ0n) is 10.3. The van der Waals surface area contributed by atoms with Crippen LogP contribution in [0.25, 0.3) is 0 Å². The number of hydrogen-bond donors (Lipinski definition) is 0. The van der Waals surface area contributed by atoms with Crippen LogP contribution in [0.5, 0.6) is 0 Å². The van der Waals surface area contributed by atoms with E-state index < -0.39 is 0 Å². The van der Waals surface area contributed by atoms with Crippen molar-refractivity contribution >= 4 is 0 Å². The van der Waals surface area contributed by atoms with Crippen molar-refractivity contribution in [2.75, 3.05) is 13.4 Å². The van der Waals surface area contributed by atoms with Gasteiger partial charge in [-0.15, -0.1) is 0 Å². The van der Waals surface area contributed by atoms with Gasteiger partial charge in [-0.05, 0) is 5.56 Å². The van der Waals surface area contributed by atoms with Crippen LogP contribution in [0.2, 0.25) is 0 Å². The normalized spacial score (nSPS) is 9.81. The molecule has 1 aromatic carbocycles. The minimum Gasteiger partial charge on any atom is -0.356 e. The molecular formula is C13H19LiO2. The topological polar surface area (TPSA) is 18.5 Å². The molecule has 0 aliphatic rings. The van der Waals surface area contributed by atoms with Gasteiger partial charge >= 0.3 is 18.9 Å². The van der Waals surface area contributed by atoms with E-state index >= 15 is 0 Å². The Kier molecular flexibility index (Phi) is 11.0. The third kappa shape index (κ3) is 7.96. The van der Waals surface area contributed by atoms with Crippen LogP contribution in [0.3, 0.4) is 0 Å². The molecule has 0 aliphatic carbocycles. The molecule has 0 radical (unpaired) electrons. The molecule has 0 unspecified atom stereocenters. The van der Waals surface area contributed by atoms with Crippen molar-refractivity contribution in [3.8, 4) is 0 Å². The second kappa shape index (κ2) is 11.2. The SMILES string of the molecule is C[CH-]CCCOCOCc1ccccc1.[Li+]. The summed E-state index contributed by atoms with van der Waals surface area (Å²) >= 11 is 0. The average molecular weight is 214 g/mol. The zero-order valence-corrected chi connectivity index (χ0v) is 10.3. The number of hydrogen-bond acceptors (Lipinski definition) is 2. The average Bonchev–Trinajstić information content (AvgIpc) is 2.29. The summed E-state index contributed by atoms with van der Waals surface area (Å²) < 4.78 is 10.7. The molecule has 0 spiro atoms. The molecule has 84 valence electrons. The summed E-state index contributed by atoms with van der Waals surface area (Å²) in [5.41, 5.74) is 1.18. The second-order valence-corrected chi connectivity index (χ2v) is 3.41. The van der Waals surface area contributed by atoms with Gasteiger partial charge in [0, 0.05) is 6.61 Å². The Balaban J connectivity index is 0.00000225. The van der Waals surface area contributed by atoms with E-state index in [0.717, 1.165) is 19.4 Å². The van der Waals surface area contributed by atoms with Crippen LogP contribution < -0.4 is 18.9 Å². The summed E-state index contributed by atoms with van der Waals surface area (Å²) in [5, 5.41) is 0. The summed E-state index contributed by atoms with van der Waals surface area (Å²) in [4.78, 5) is 0. The molecule has 1 aromatic rings. The van der Waals surface area contributed by atoms with E-state index in [4.69, 9.17) is 9.47 Å². The zero-order chi connectivity index (χ0) is 10.8. The Bertz CT molecular complexity index is 239. The van der Waals surface area contributed by atoms with Gasteiger partial charge in [-0.2, -0.15) is 13.3 Å². The van der Waals surface area contributed by atoms with Gasteiger partial charge in [0.2, 0.25) is 0 Å². The predicted octanol–water partition coefficient (Wildman–Crippen LogP) is 0.186. The Labute approximate surface area is 111 Å². The first-order valence-electron chi connectivity index (χ1n) is 5.40. The minimum absolute atomic E-state index is 0. The molecule has 0 aromatic heterocycles. The standard InChI is InChI=1S/C13H19O2.Li/c1-2-3-7-10-14-12-15-11-13-8-5-4-6-9-13;/h2,4-6,8-9H,3,7,10-12H2,1H3;/q-1;+1. The largest absolute Gasteiger partial charge is 1.00 e. The van der Waals surface area contributed by atoms with Crippen LogP contribution in [-0.4, -0.2) is 13.4 Å². The van der Waals surface area contributed by atoms with Crippen LogP contribution in [0, 0.1) is 6.42 Å². The molecule has 1 rings (SSSR count). The van der Waals surface area contributed by atoms with Crippen LogP contribution >= 0.6 is 0 Å². The van der Waals surface area contributed by atoms with E-state index in [1.54, 1.807) is 0 Å². The summed E-state index contributed by atoms with van der Waals surface area (Å²) in [6.45, 7) is 3.85. The predicted molar refractivity (Wildman–Crippen MR) is 61.3 cm³/mol. The van der Waals surface area contributed by atoms with Crippen molar-refractivity contribution in [1.29, 1.82) is 0 Å².